The molecule has 26 heavy (non-hydrogen) atoms. The molecule has 0 spiro atoms. The minimum Gasteiger partial charge on any atom is -0.492 e. The van der Waals surface area contributed by atoms with Gasteiger partial charge in [-0.05, 0) is 23.8 Å². The van der Waals surface area contributed by atoms with E-state index in [0.717, 1.165) is 16.7 Å². The number of ether oxygens (including phenoxy) is 3. The minimum atomic E-state index is -0.819. The Kier molecular flexibility index (Phi) is 5.77. The molecule has 0 saturated carbocycles. The van der Waals surface area contributed by atoms with Crippen LogP contribution in [0, 0.1) is 11.8 Å². The number of carboxylic acids is 1. The largest absolute Gasteiger partial charge is 0.492 e. The van der Waals surface area contributed by atoms with Crippen molar-refractivity contribution in [2.75, 3.05) is 20.3 Å². The van der Waals surface area contributed by atoms with E-state index in [9.17, 15) is 4.79 Å². The van der Waals surface area contributed by atoms with Crippen molar-refractivity contribution in [2.45, 2.75) is 18.9 Å². The number of benzene rings is 2. The first-order valence-corrected chi connectivity index (χ1v) is 8.34. The van der Waals surface area contributed by atoms with E-state index in [1.54, 1.807) is 7.11 Å². The van der Waals surface area contributed by atoms with Crippen LogP contribution in [0.25, 0.3) is 0 Å². The lowest BCUT2D eigenvalue weighted by Crippen LogP contribution is -2.07. The van der Waals surface area contributed by atoms with Gasteiger partial charge in [-0.2, -0.15) is 0 Å². The molecule has 2 aromatic rings. The number of methoxy groups -OCH3 is 1. The van der Waals surface area contributed by atoms with Gasteiger partial charge in [0.05, 0.1) is 13.0 Å². The summed E-state index contributed by atoms with van der Waals surface area (Å²) >= 11 is 0. The molecular formula is C21H20O5. The van der Waals surface area contributed by atoms with E-state index in [1.807, 2.05) is 42.5 Å². The van der Waals surface area contributed by atoms with Crippen molar-refractivity contribution in [3.05, 3.63) is 59.2 Å². The van der Waals surface area contributed by atoms with Crippen molar-refractivity contribution in [1.29, 1.82) is 0 Å². The smallest absolute Gasteiger partial charge is 0.304 e. The average molecular weight is 352 g/mol. The fraction of sp³-hybridized carbons (Fsp3) is 0.286. The van der Waals surface area contributed by atoms with Crippen LogP contribution in [0.4, 0.5) is 0 Å². The minimum absolute atomic E-state index is 0.0735. The predicted octanol–water partition coefficient (Wildman–Crippen LogP) is 3.21. The van der Waals surface area contributed by atoms with Gasteiger partial charge in [0.25, 0.3) is 0 Å². The van der Waals surface area contributed by atoms with E-state index in [-0.39, 0.29) is 12.3 Å². The molecule has 0 bridgehead atoms. The zero-order valence-electron chi connectivity index (χ0n) is 14.5. The molecule has 1 N–H and O–H groups in total. The SMILES string of the molecule is COCC#Cc1cccc(COc2ccc3c(c2)OCC3CC(=O)O)c1. The molecule has 1 aliphatic rings. The third-order valence-corrected chi connectivity index (χ3v) is 4.07. The second-order valence-electron chi connectivity index (χ2n) is 6.03. The predicted molar refractivity (Wildman–Crippen MR) is 96.5 cm³/mol. The number of rotatable bonds is 6. The summed E-state index contributed by atoms with van der Waals surface area (Å²) in [6.45, 7) is 1.21. The third-order valence-electron chi connectivity index (χ3n) is 4.07. The molecule has 0 fully saturated rings. The molecule has 5 nitrogen and oxygen atoms in total. The zero-order valence-corrected chi connectivity index (χ0v) is 14.5. The summed E-state index contributed by atoms with van der Waals surface area (Å²) in [7, 11) is 1.61. The van der Waals surface area contributed by atoms with Crippen LogP contribution < -0.4 is 9.47 Å². The van der Waals surface area contributed by atoms with Crippen LogP contribution in [0.2, 0.25) is 0 Å². The normalized spacial score (nSPS) is 14.7. The van der Waals surface area contributed by atoms with Crippen molar-refractivity contribution in [3.63, 3.8) is 0 Å². The summed E-state index contributed by atoms with van der Waals surface area (Å²) < 4.78 is 16.4. The number of hydrogen-bond acceptors (Lipinski definition) is 4. The number of fused-ring (bicyclic) bond motifs is 1. The number of hydrogen-bond donors (Lipinski definition) is 1. The highest BCUT2D eigenvalue weighted by atomic mass is 16.5. The molecule has 2 aromatic carbocycles. The van der Waals surface area contributed by atoms with Gasteiger partial charge in [0.2, 0.25) is 0 Å². The molecule has 1 unspecified atom stereocenters. The van der Waals surface area contributed by atoms with Gasteiger partial charge >= 0.3 is 5.97 Å². The van der Waals surface area contributed by atoms with Crippen LogP contribution in [0.3, 0.4) is 0 Å². The van der Waals surface area contributed by atoms with E-state index in [0.29, 0.717) is 31.3 Å². The van der Waals surface area contributed by atoms with E-state index in [2.05, 4.69) is 11.8 Å². The first-order chi connectivity index (χ1) is 12.7. The lowest BCUT2D eigenvalue weighted by atomic mass is 9.98. The maximum absolute atomic E-state index is 10.9. The fourth-order valence-electron chi connectivity index (χ4n) is 2.84. The highest BCUT2D eigenvalue weighted by Crippen LogP contribution is 2.38. The molecule has 1 aliphatic heterocycles. The third kappa shape index (κ3) is 4.56. The van der Waals surface area contributed by atoms with Crippen molar-refractivity contribution in [3.8, 4) is 23.3 Å². The number of carboxylic acid groups (broad SMARTS) is 1. The zero-order chi connectivity index (χ0) is 18.4. The Balaban J connectivity index is 1.63. The van der Waals surface area contributed by atoms with E-state index in [1.165, 1.54) is 0 Å². The highest BCUT2D eigenvalue weighted by molar-refractivity contribution is 5.68. The molecular weight excluding hydrogens is 332 g/mol. The molecule has 0 saturated heterocycles. The summed E-state index contributed by atoms with van der Waals surface area (Å²) in [5, 5.41) is 8.96. The van der Waals surface area contributed by atoms with Crippen LogP contribution in [0.15, 0.2) is 42.5 Å². The van der Waals surface area contributed by atoms with Crippen LogP contribution in [0.5, 0.6) is 11.5 Å². The van der Waals surface area contributed by atoms with Crippen molar-refractivity contribution >= 4 is 5.97 Å². The number of aliphatic carboxylic acids is 1. The first kappa shape index (κ1) is 17.8. The molecule has 0 amide bonds. The fourth-order valence-corrected chi connectivity index (χ4v) is 2.84. The van der Waals surface area contributed by atoms with Crippen molar-refractivity contribution in [1.82, 2.24) is 0 Å². The Bertz CT molecular complexity index is 847. The molecule has 3 rings (SSSR count). The monoisotopic (exact) mass is 352 g/mol. The maximum Gasteiger partial charge on any atom is 0.304 e. The lowest BCUT2D eigenvalue weighted by Gasteiger charge is -2.09. The summed E-state index contributed by atoms with van der Waals surface area (Å²) in [5.74, 6) is 6.44. The van der Waals surface area contributed by atoms with Gasteiger partial charge in [-0.3, -0.25) is 4.79 Å². The Labute approximate surface area is 152 Å². The summed E-state index contributed by atoms with van der Waals surface area (Å²) in [4.78, 5) is 10.9. The van der Waals surface area contributed by atoms with Gasteiger partial charge in [0, 0.05) is 30.2 Å². The molecule has 0 aliphatic carbocycles. The van der Waals surface area contributed by atoms with Crippen LogP contribution in [0.1, 0.15) is 29.0 Å². The first-order valence-electron chi connectivity index (χ1n) is 8.34. The molecule has 0 radical (unpaired) electrons. The van der Waals surface area contributed by atoms with Gasteiger partial charge in [-0.25, -0.2) is 0 Å². The van der Waals surface area contributed by atoms with E-state index < -0.39 is 5.97 Å². The Morgan fingerprint density at radius 2 is 2.19 bits per heavy atom. The Hall–Kier alpha value is -2.97. The van der Waals surface area contributed by atoms with E-state index in [4.69, 9.17) is 19.3 Å². The Morgan fingerprint density at radius 1 is 1.31 bits per heavy atom. The summed E-state index contributed by atoms with van der Waals surface area (Å²) in [5.41, 5.74) is 2.85. The van der Waals surface area contributed by atoms with Crippen LogP contribution >= 0.6 is 0 Å². The topological polar surface area (TPSA) is 65.0 Å². The molecule has 5 heteroatoms. The van der Waals surface area contributed by atoms with Crippen molar-refractivity contribution in [2.24, 2.45) is 0 Å². The van der Waals surface area contributed by atoms with Crippen molar-refractivity contribution < 1.29 is 24.1 Å². The van der Waals surface area contributed by atoms with Crippen LogP contribution in [-0.2, 0) is 16.1 Å². The standard InChI is InChI=1S/C21H20O5/c1-24-9-3-6-15-4-2-5-16(10-15)13-25-18-7-8-19-17(11-21(22)23)14-26-20(19)12-18/h2,4-5,7-8,10,12,17H,9,11,13-14H2,1H3,(H,22,23). The van der Waals surface area contributed by atoms with Gasteiger partial charge in [-0.1, -0.05) is 30.0 Å². The van der Waals surface area contributed by atoms with Gasteiger partial charge < -0.3 is 19.3 Å². The number of carbonyl (C=O) groups is 1. The second-order valence-corrected chi connectivity index (χ2v) is 6.03. The van der Waals surface area contributed by atoms with Gasteiger partial charge in [-0.15, -0.1) is 0 Å². The molecule has 134 valence electrons. The molecule has 1 atom stereocenters. The Morgan fingerprint density at radius 3 is 3.00 bits per heavy atom. The maximum atomic E-state index is 10.9. The van der Waals surface area contributed by atoms with Gasteiger partial charge in [0.1, 0.15) is 24.7 Å². The summed E-state index contributed by atoms with van der Waals surface area (Å²) in [6, 6.07) is 13.4. The van der Waals surface area contributed by atoms with E-state index >= 15 is 0 Å². The second kappa shape index (κ2) is 8.41. The molecule has 0 aromatic heterocycles. The van der Waals surface area contributed by atoms with Crippen LogP contribution in [-0.4, -0.2) is 31.4 Å². The molecule has 1 heterocycles. The average Bonchev–Trinajstić information content (AvgIpc) is 3.02. The quantitative estimate of drug-likeness (QED) is 0.809. The highest BCUT2D eigenvalue weighted by Gasteiger charge is 2.26. The lowest BCUT2D eigenvalue weighted by molar-refractivity contribution is -0.137. The van der Waals surface area contributed by atoms with Gasteiger partial charge in [0.15, 0.2) is 0 Å². The summed E-state index contributed by atoms with van der Waals surface area (Å²) in [6.07, 6.45) is 0.0735.